The van der Waals surface area contributed by atoms with Gasteiger partial charge in [-0.25, -0.2) is 4.98 Å². The molecule has 1 aromatic rings. The van der Waals surface area contributed by atoms with Crippen molar-refractivity contribution in [3.63, 3.8) is 0 Å². The zero-order chi connectivity index (χ0) is 11.3. The molecule has 0 aliphatic rings. The standard InChI is InChI=1S/C10H15BrN2O2/c1-8-9(11)2-3-10(12-8)13(4-6-14)5-7-15/h2-3,14-15H,4-7H2,1H3. The number of hydrogen-bond donors (Lipinski definition) is 2. The van der Waals surface area contributed by atoms with E-state index in [0.717, 1.165) is 16.0 Å². The first-order valence-corrected chi connectivity index (χ1v) is 5.58. The van der Waals surface area contributed by atoms with E-state index in [1.165, 1.54) is 0 Å². The van der Waals surface area contributed by atoms with Gasteiger partial charge in [0.25, 0.3) is 0 Å². The lowest BCUT2D eigenvalue weighted by Crippen LogP contribution is -2.30. The average molecular weight is 275 g/mol. The van der Waals surface area contributed by atoms with E-state index in [-0.39, 0.29) is 13.2 Å². The van der Waals surface area contributed by atoms with Gasteiger partial charge in [-0.05, 0) is 35.0 Å². The van der Waals surface area contributed by atoms with Gasteiger partial charge in [0.2, 0.25) is 0 Å². The fourth-order valence-electron chi connectivity index (χ4n) is 1.29. The zero-order valence-electron chi connectivity index (χ0n) is 8.65. The van der Waals surface area contributed by atoms with Crippen molar-refractivity contribution in [3.8, 4) is 0 Å². The van der Waals surface area contributed by atoms with Crippen LogP contribution in [0.4, 0.5) is 5.82 Å². The third kappa shape index (κ3) is 3.44. The van der Waals surface area contributed by atoms with Crippen LogP contribution in [0.5, 0.6) is 0 Å². The summed E-state index contributed by atoms with van der Waals surface area (Å²) in [5.74, 6) is 0.777. The fraction of sp³-hybridized carbons (Fsp3) is 0.500. The van der Waals surface area contributed by atoms with E-state index in [9.17, 15) is 0 Å². The van der Waals surface area contributed by atoms with E-state index in [1.807, 2.05) is 24.0 Å². The molecule has 0 saturated heterocycles. The smallest absolute Gasteiger partial charge is 0.129 e. The van der Waals surface area contributed by atoms with E-state index in [0.29, 0.717) is 13.1 Å². The van der Waals surface area contributed by atoms with Gasteiger partial charge >= 0.3 is 0 Å². The molecule has 0 radical (unpaired) electrons. The number of anilines is 1. The lowest BCUT2D eigenvalue weighted by molar-refractivity contribution is 0.280. The van der Waals surface area contributed by atoms with Gasteiger partial charge in [-0.2, -0.15) is 0 Å². The molecule has 0 aliphatic heterocycles. The van der Waals surface area contributed by atoms with Crippen molar-refractivity contribution in [3.05, 3.63) is 22.3 Å². The molecule has 0 saturated carbocycles. The molecule has 4 nitrogen and oxygen atoms in total. The second-order valence-electron chi connectivity index (χ2n) is 3.17. The molecule has 0 fully saturated rings. The lowest BCUT2D eigenvalue weighted by Gasteiger charge is -2.22. The third-order valence-corrected chi connectivity index (χ3v) is 2.91. The predicted octanol–water partition coefficient (Wildman–Crippen LogP) is 0.944. The molecule has 0 bridgehead atoms. The van der Waals surface area contributed by atoms with Crippen LogP contribution in [-0.4, -0.2) is 41.5 Å². The molecule has 2 N–H and O–H groups in total. The number of aliphatic hydroxyl groups excluding tert-OH is 2. The highest BCUT2D eigenvalue weighted by atomic mass is 79.9. The zero-order valence-corrected chi connectivity index (χ0v) is 10.2. The van der Waals surface area contributed by atoms with E-state index in [1.54, 1.807) is 0 Å². The summed E-state index contributed by atoms with van der Waals surface area (Å²) in [5, 5.41) is 17.8. The van der Waals surface area contributed by atoms with Gasteiger partial charge in [0.1, 0.15) is 5.82 Å². The topological polar surface area (TPSA) is 56.6 Å². The summed E-state index contributed by atoms with van der Waals surface area (Å²) in [5.41, 5.74) is 0.897. The molecular weight excluding hydrogens is 260 g/mol. The van der Waals surface area contributed by atoms with Gasteiger partial charge in [-0.1, -0.05) is 0 Å². The first-order chi connectivity index (χ1) is 7.19. The van der Waals surface area contributed by atoms with Gasteiger partial charge < -0.3 is 15.1 Å². The van der Waals surface area contributed by atoms with E-state index in [4.69, 9.17) is 10.2 Å². The molecule has 1 aromatic heterocycles. The van der Waals surface area contributed by atoms with Gasteiger partial charge in [0, 0.05) is 17.6 Å². The minimum atomic E-state index is 0.0524. The molecule has 0 aromatic carbocycles. The van der Waals surface area contributed by atoms with Crippen LogP contribution in [0.15, 0.2) is 16.6 Å². The van der Waals surface area contributed by atoms with Gasteiger partial charge in [0.05, 0.1) is 18.9 Å². The Balaban J connectivity index is 2.85. The molecule has 0 spiro atoms. The third-order valence-electron chi connectivity index (χ3n) is 2.07. The molecule has 0 unspecified atom stereocenters. The highest BCUT2D eigenvalue weighted by Gasteiger charge is 2.07. The summed E-state index contributed by atoms with van der Waals surface area (Å²) in [6.07, 6.45) is 0. The highest BCUT2D eigenvalue weighted by Crippen LogP contribution is 2.18. The fourth-order valence-corrected chi connectivity index (χ4v) is 1.51. The number of aryl methyl sites for hydroxylation is 1. The number of pyridine rings is 1. The van der Waals surface area contributed by atoms with Crippen LogP contribution in [0, 0.1) is 6.92 Å². The number of aliphatic hydroxyl groups is 2. The summed E-state index contributed by atoms with van der Waals surface area (Å²) < 4.78 is 0.958. The lowest BCUT2D eigenvalue weighted by atomic mass is 10.3. The number of aromatic nitrogens is 1. The van der Waals surface area contributed by atoms with Crippen molar-refractivity contribution in [1.82, 2.24) is 4.98 Å². The predicted molar refractivity (Wildman–Crippen MR) is 63.1 cm³/mol. The summed E-state index contributed by atoms with van der Waals surface area (Å²) in [7, 11) is 0. The molecule has 0 amide bonds. The molecule has 15 heavy (non-hydrogen) atoms. The molecule has 1 rings (SSSR count). The molecule has 84 valence electrons. The van der Waals surface area contributed by atoms with Crippen molar-refractivity contribution in [2.45, 2.75) is 6.92 Å². The second-order valence-corrected chi connectivity index (χ2v) is 4.03. The summed E-state index contributed by atoms with van der Waals surface area (Å²) in [6.45, 7) is 2.97. The van der Waals surface area contributed by atoms with Crippen molar-refractivity contribution in [2.75, 3.05) is 31.2 Å². The Morgan fingerprint density at radius 1 is 1.27 bits per heavy atom. The maximum Gasteiger partial charge on any atom is 0.129 e. The monoisotopic (exact) mass is 274 g/mol. The average Bonchev–Trinajstić information content (AvgIpc) is 2.22. The molecule has 0 atom stereocenters. The van der Waals surface area contributed by atoms with Crippen molar-refractivity contribution in [2.24, 2.45) is 0 Å². The normalized spacial score (nSPS) is 10.4. The minimum Gasteiger partial charge on any atom is -0.395 e. The number of halogens is 1. The van der Waals surface area contributed by atoms with Gasteiger partial charge in [0.15, 0.2) is 0 Å². The van der Waals surface area contributed by atoms with Crippen molar-refractivity contribution >= 4 is 21.7 Å². The summed E-state index contributed by atoms with van der Waals surface area (Å²) in [4.78, 5) is 6.21. The van der Waals surface area contributed by atoms with Crippen LogP contribution in [0.1, 0.15) is 5.69 Å². The van der Waals surface area contributed by atoms with Crippen LogP contribution < -0.4 is 4.90 Å². The quantitative estimate of drug-likeness (QED) is 0.840. The van der Waals surface area contributed by atoms with E-state index < -0.39 is 0 Å². The van der Waals surface area contributed by atoms with Crippen LogP contribution in [0.3, 0.4) is 0 Å². The maximum atomic E-state index is 8.89. The van der Waals surface area contributed by atoms with Crippen LogP contribution in [-0.2, 0) is 0 Å². The van der Waals surface area contributed by atoms with Crippen molar-refractivity contribution < 1.29 is 10.2 Å². The van der Waals surface area contributed by atoms with Gasteiger partial charge in [-0.15, -0.1) is 0 Å². The highest BCUT2D eigenvalue weighted by molar-refractivity contribution is 9.10. The first kappa shape index (κ1) is 12.4. The van der Waals surface area contributed by atoms with Gasteiger partial charge in [-0.3, -0.25) is 0 Å². The maximum absolute atomic E-state index is 8.89. The van der Waals surface area contributed by atoms with Crippen LogP contribution >= 0.6 is 15.9 Å². The molecular formula is C10H15BrN2O2. The Morgan fingerprint density at radius 2 is 1.87 bits per heavy atom. The minimum absolute atomic E-state index is 0.0524. The Hall–Kier alpha value is -0.650. The number of nitrogens with zero attached hydrogens (tertiary/aromatic N) is 2. The Labute approximate surface area is 97.7 Å². The molecule has 1 heterocycles. The van der Waals surface area contributed by atoms with E-state index in [2.05, 4.69) is 20.9 Å². The van der Waals surface area contributed by atoms with Crippen LogP contribution in [0.25, 0.3) is 0 Å². The molecule has 0 aliphatic carbocycles. The summed E-state index contributed by atoms with van der Waals surface area (Å²) >= 11 is 3.38. The van der Waals surface area contributed by atoms with Crippen molar-refractivity contribution in [1.29, 1.82) is 0 Å². The second kappa shape index (κ2) is 6.05. The largest absolute Gasteiger partial charge is 0.395 e. The SMILES string of the molecule is Cc1nc(N(CCO)CCO)ccc1Br. The number of rotatable bonds is 5. The van der Waals surface area contributed by atoms with E-state index >= 15 is 0 Å². The Kier molecular flexibility index (Phi) is 5.01. The van der Waals surface area contributed by atoms with Crippen LogP contribution in [0.2, 0.25) is 0 Å². The summed E-state index contributed by atoms with van der Waals surface area (Å²) in [6, 6.07) is 3.78. The molecule has 5 heteroatoms. The number of hydrogen-bond acceptors (Lipinski definition) is 4. The Morgan fingerprint density at radius 3 is 2.33 bits per heavy atom. The first-order valence-electron chi connectivity index (χ1n) is 4.79. The Bertz CT molecular complexity index is 314.